The fourth-order valence-electron chi connectivity index (χ4n) is 2.68. The molecular formula is C18H18N2O3S. The van der Waals surface area contributed by atoms with Gasteiger partial charge in [-0.15, -0.1) is 0 Å². The summed E-state index contributed by atoms with van der Waals surface area (Å²) in [5.41, 5.74) is 1.74. The van der Waals surface area contributed by atoms with Crippen LogP contribution in [0.4, 0.5) is 5.69 Å². The number of thiocarbonyl (C=S) groups is 1. The van der Waals surface area contributed by atoms with Crippen molar-refractivity contribution < 1.29 is 14.3 Å². The highest BCUT2D eigenvalue weighted by atomic mass is 32.1. The molecule has 1 fully saturated rings. The largest absolute Gasteiger partial charge is 0.497 e. The third-order valence-corrected chi connectivity index (χ3v) is 4.32. The predicted octanol–water partition coefficient (Wildman–Crippen LogP) is 2.84. The summed E-state index contributed by atoms with van der Waals surface area (Å²) in [6.07, 6.45) is 0. The molecule has 0 spiro atoms. The van der Waals surface area contributed by atoms with E-state index in [0.29, 0.717) is 28.8 Å². The summed E-state index contributed by atoms with van der Waals surface area (Å²) in [7, 11) is 3.14. The van der Waals surface area contributed by atoms with Gasteiger partial charge in [0.25, 0.3) is 5.91 Å². The van der Waals surface area contributed by atoms with Gasteiger partial charge >= 0.3 is 0 Å². The average molecular weight is 342 g/mol. The molecule has 0 N–H and O–H groups in total. The van der Waals surface area contributed by atoms with Crippen LogP contribution in [-0.2, 0) is 11.3 Å². The van der Waals surface area contributed by atoms with Crippen molar-refractivity contribution in [1.82, 2.24) is 4.90 Å². The van der Waals surface area contributed by atoms with E-state index in [0.717, 1.165) is 5.56 Å². The van der Waals surface area contributed by atoms with E-state index in [2.05, 4.69) is 0 Å². The van der Waals surface area contributed by atoms with Gasteiger partial charge < -0.3 is 14.4 Å². The zero-order valence-electron chi connectivity index (χ0n) is 13.6. The van der Waals surface area contributed by atoms with E-state index >= 15 is 0 Å². The van der Waals surface area contributed by atoms with Crippen LogP contribution in [0.15, 0.2) is 48.5 Å². The molecule has 6 heteroatoms. The molecule has 0 aromatic heterocycles. The number of ether oxygens (including phenoxy) is 2. The van der Waals surface area contributed by atoms with Gasteiger partial charge in [-0.2, -0.15) is 0 Å². The number of benzene rings is 2. The van der Waals surface area contributed by atoms with Crippen LogP contribution in [0.5, 0.6) is 11.5 Å². The van der Waals surface area contributed by atoms with Crippen molar-refractivity contribution in [2.75, 3.05) is 25.7 Å². The molecule has 3 rings (SSSR count). The van der Waals surface area contributed by atoms with Gasteiger partial charge in [-0.3, -0.25) is 9.69 Å². The number of amides is 1. The Balaban J connectivity index is 1.87. The van der Waals surface area contributed by atoms with Crippen LogP contribution >= 0.6 is 12.2 Å². The Morgan fingerprint density at radius 1 is 1.08 bits per heavy atom. The van der Waals surface area contributed by atoms with Crippen LogP contribution in [0.1, 0.15) is 5.56 Å². The summed E-state index contributed by atoms with van der Waals surface area (Å²) in [6, 6.07) is 15.3. The van der Waals surface area contributed by atoms with Crippen molar-refractivity contribution in [2.45, 2.75) is 6.54 Å². The van der Waals surface area contributed by atoms with Crippen LogP contribution in [-0.4, -0.2) is 36.7 Å². The number of nitrogens with zero attached hydrogens (tertiary/aromatic N) is 2. The lowest BCUT2D eigenvalue weighted by atomic mass is 10.2. The first kappa shape index (κ1) is 16.3. The zero-order valence-corrected chi connectivity index (χ0v) is 14.4. The Morgan fingerprint density at radius 3 is 2.50 bits per heavy atom. The van der Waals surface area contributed by atoms with Gasteiger partial charge in [-0.25, -0.2) is 0 Å². The molecule has 1 heterocycles. The molecular weight excluding hydrogens is 324 g/mol. The van der Waals surface area contributed by atoms with E-state index in [4.69, 9.17) is 21.7 Å². The second-order valence-corrected chi connectivity index (χ2v) is 5.76. The van der Waals surface area contributed by atoms with Crippen molar-refractivity contribution in [3.63, 3.8) is 0 Å². The summed E-state index contributed by atoms with van der Waals surface area (Å²) < 4.78 is 10.6. The monoisotopic (exact) mass is 342 g/mol. The number of hydrogen-bond donors (Lipinski definition) is 0. The molecule has 1 saturated heterocycles. The van der Waals surface area contributed by atoms with Crippen LogP contribution in [0, 0.1) is 0 Å². The van der Waals surface area contributed by atoms with Gasteiger partial charge in [0.05, 0.1) is 19.9 Å². The van der Waals surface area contributed by atoms with Crippen molar-refractivity contribution >= 4 is 28.9 Å². The Morgan fingerprint density at radius 2 is 1.83 bits per heavy atom. The topological polar surface area (TPSA) is 42.0 Å². The van der Waals surface area contributed by atoms with Gasteiger partial charge in [0.1, 0.15) is 18.0 Å². The Hall–Kier alpha value is -2.60. The van der Waals surface area contributed by atoms with Gasteiger partial charge in [0.2, 0.25) is 0 Å². The molecule has 24 heavy (non-hydrogen) atoms. The van der Waals surface area contributed by atoms with Gasteiger partial charge in [-0.05, 0) is 29.9 Å². The normalized spacial score (nSPS) is 14.2. The molecule has 1 amide bonds. The van der Waals surface area contributed by atoms with Crippen molar-refractivity contribution in [2.24, 2.45) is 0 Å². The smallest absolute Gasteiger partial charge is 0.253 e. The molecule has 1 aliphatic heterocycles. The minimum absolute atomic E-state index is 0.0700. The molecule has 124 valence electrons. The maximum absolute atomic E-state index is 12.5. The molecule has 2 aromatic rings. The lowest BCUT2D eigenvalue weighted by Crippen LogP contribution is -2.32. The summed E-state index contributed by atoms with van der Waals surface area (Å²) in [5.74, 6) is 1.14. The summed E-state index contributed by atoms with van der Waals surface area (Å²) in [5, 5.41) is 0.479. The highest BCUT2D eigenvalue weighted by molar-refractivity contribution is 7.80. The number of hydrogen-bond acceptors (Lipinski definition) is 4. The second kappa shape index (κ2) is 6.88. The van der Waals surface area contributed by atoms with E-state index in [1.807, 2.05) is 35.2 Å². The average Bonchev–Trinajstić information content (AvgIpc) is 2.89. The first-order valence-electron chi connectivity index (χ1n) is 7.52. The number of rotatable bonds is 5. The molecule has 0 radical (unpaired) electrons. The lowest BCUT2D eigenvalue weighted by molar-refractivity contribution is -0.116. The van der Waals surface area contributed by atoms with Crippen LogP contribution in [0.25, 0.3) is 0 Å². The lowest BCUT2D eigenvalue weighted by Gasteiger charge is -2.22. The molecule has 1 aliphatic rings. The number of carbonyl (C=O) groups is 1. The summed E-state index contributed by atoms with van der Waals surface area (Å²) in [4.78, 5) is 15.9. The third-order valence-electron chi connectivity index (χ3n) is 3.88. The second-order valence-electron chi connectivity index (χ2n) is 5.39. The van der Waals surface area contributed by atoms with E-state index < -0.39 is 0 Å². The van der Waals surface area contributed by atoms with Crippen LogP contribution < -0.4 is 14.4 Å². The maximum atomic E-state index is 12.5. The van der Waals surface area contributed by atoms with Crippen molar-refractivity contribution in [1.29, 1.82) is 0 Å². The van der Waals surface area contributed by atoms with E-state index in [1.54, 1.807) is 32.4 Å². The fraction of sp³-hybridized carbons (Fsp3) is 0.222. The molecule has 0 unspecified atom stereocenters. The summed E-state index contributed by atoms with van der Waals surface area (Å²) >= 11 is 5.53. The number of carbonyl (C=O) groups excluding carboxylic acids is 1. The Bertz CT molecular complexity index is 764. The fourth-order valence-corrected chi connectivity index (χ4v) is 3.01. The van der Waals surface area contributed by atoms with Crippen molar-refractivity contribution in [3.05, 3.63) is 54.1 Å². The summed E-state index contributed by atoms with van der Waals surface area (Å²) in [6.45, 7) is 0.850. The molecule has 0 saturated carbocycles. The SMILES string of the molecule is COc1ccc(N2C(=O)CN(Cc3ccccc3)C2=S)c(OC)c1. The van der Waals surface area contributed by atoms with E-state index in [1.165, 1.54) is 4.90 Å². The van der Waals surface area contributed by atoms with Gasteiger partial charge in [0.15, 0.2) is 5.11 Å². The number of methoxy groups -OCH3 is 2. The van der Waals surface area contributed by atoms with Crippen LogP contribution in [0.2, 0.25) is 0 Å². The minimum atomic E-state index is -0.0700. The maximum Gasteiger partial charge on any atom is 0.253 e. The quantitative estimate of drug-likeness (QED) is 0.782. The Labute approximate surface area is 146 Å². The first-order valence-corrected chi connectivity index (χ1v) is 7.92. The molecule has 2 aromatic carbocycles. The zero-order chi connectivity index (χ0) is 17.1. The van der Waals surface area contributed by atoms with Crippen LogP contribution in [0.3, 0.4) is 0 Å². The highest BCUT2D eigenvalue weighted by Gasteiger charge is 2.35. The van der Waals surface area contributed by atoms with Gasteiger partial charge in [0, 0.05) is 12.6 Å². The minimum Gasteiger partial charge on any atom is -0.497 e. The highest BCUT2D eigenvalue weighted by Crippen LogP contribution is 2.34. The molecule has 0 atom stereocenters. The molecule has 0 bridgehead atoms. The van der Waals surface area contributed by atoms with Gasteiger partial charge in [-0.1, -0.05) is 30.3 Å². The Kier molecular flexibility index (Phi) is 4.66. The first-order chi connectivity index (χ1) is 11.6. The third kappa shape index (κ3) is 3.05. The van der Waals surface area contributed by atoms with E-state index in [-0.39, 0.29) is 12.5 Å². The molecule has 5 nitrogen and oxygen atoms in total. The molecule has 0 aliphatic carbocycles. The predicted molar refractivity (Wildman–Crippen MR) is 96.5 cm³/mol. The standard InChI is InChI=1S/C18H18N2O3S/c1-22-14-8-9-15(16(10-14)23-2)20-17(21)12-19(18(20)24)11-13-6-4-3-5-7-13/h3-10H,11-12H2,1-2H3. The number of anilines is 1. The van der Waals surface area contributed by atoms with E-state index in [9.17, 15) is 4.79 Å². The van der Waals surface area contributed by atoms with Crippen molar-refractivity contribution in [3.8, 4) is 11.5 Å².